The van der Waals surface area contributed by atoms with Gasteiger partial charge in [-0.3, -0.25) is 4.79 Å². The van der Waals surface area contributed by atoms with E-state index in [2.05, 4.69) is 20.8 Å². The van der Waals surface area contributed by atoms with Crippen molar-refractivity contribution in [2.75, 3.05) is 0 Å². The number of hydrogen-bond donors (Lipinski definition) is 1. The second-order valence-corrected chi connectivity index (χ2v) is 6.10. The lowest BCUT2D eigenvalue weighted by Crippen LogP contribution is -2.23. The molecule has 0 unspecified atom stereocenters. The highest BCUT2D eigenvalue weighted by Crippen LogP contribution is 2.16. The van der Waals surface area contributed by atoms with Gasteiger partial charge in [0.1, 0.15) is 24.5 Å². The van der Waals surface area contributed by atoms with E-state index in [1.54, 1.807) is 24.3 Å². The number of furan rings is 1. The van der Waals surface area contributed by atoms with Gasteiger partial charge in [0.2, 0.25) is 0 Å². The molecule has 4 aromatic rings. The van der Waals surface area contributed by atoms with Crippen LogP contribution >= 0.6 is 0 Å². The molecule has 0 bridgehead atoms. The van der Waals surface area contributed by atoms with Crippen LogP contribution in [0.5, 0.6) is 5.95 Å². The Morgan fingerprint density at radius 2 is 2.00 bits per heavy atom. The number of hydrazone groups is 1. The van der Waals surface area contributed by atoms with E-state index in [4.69, 9.17) is 9.15 Å². The van der Waals surface area contributed by atoms with Crippen LogP contribution in [0, 0.1) is 5.82 Å². The second-order valence-electron chi connectivity index (χ2n) is 6.10. The lowest BCUT2D eigenvalue weighted by atomic mass is 10.2. The summed E-state index contributed by atoms with van der Waals surface area (Å²) in [4.78, 5) is 12.0. The molecule has 2 aromatic heterocycles. The number of benzene rings is 2. The highest BCUT2D eigenvalue weighted by molar-refractivity contribution is 5.82. The van der Waals surface area contributed by atoms with Crippen LogP contribution in [0.1, 0.15) is 11.3 Å². The van der Waals surface area contributed by atoms with Crippen LogP contribution in [-0.2, 0) is 17.9 Å². The molecule has 2 heterocycles. The Labute approximate surface area is 164 Å². The van der Waals surface area contributed by atoms with Crippen LogP contribution in [0.3, 0.4) is 0 Å². The first kappa shape index (κ1) is 18.4. The van der Waals surface area contributed by atoms with E-state index in [-0.39, 0.29) is 30.8 Å². The zero-order valence-corrected chi connectivity index (χ0v) is 15.2. The van der Waals surface area contributed by atoms with Gasteiger partial charge in [-0.25, -0.2) is 14.5 Å². The van der Waals surface area contributed by atoms with Crippen molar-refractivity contribution in [3.8, 4) is 5.95 Å². The summed E-state index contributed by atoms with van der Waals surface area (Å²) < 4.78 is 25.3. The van der Waals surface area contributed by atoms with Crippen molar-refractivity contribution in [3.05, 3.63) is 77.8 Å². The fourth-order valence-electron chi connectivity index (χ4n) is 2.59. The number of aromatic nitrogens is 3. The number of nitrogens with zero attached hydrogens (tertiary/aromatic N) is 4. The summed E-state index contributed by atoms with van der Waals surface area (Å²) in [5.74, 6) is 0.0438. The number of halogens is 1. The molecule has 0 atom stereocenters. The third-order valence-corrected chi connectivity index (χ3v) is 3.99. The SMILES string of the molecule is O=C(Cn1nnc2ccccc21)N/N=C/c1ccc(OCc2ccc(F)cc2)o1. The highest BCUT2D eigenvalue weighted by Gasteiger charge is 2.08. The molecule has 0 fully saturated rings. The predicted octanol–water partition coefficient (Wildman–Crippen LogP) is 2.89. The lowest BCUT2D eigenvalue weighted by Gasteiger charge is -2.02. The molecule has 1 amide bonds. The van der Waals surface area contributed by atoms with E-state index in [1.165, 1.54) is 23.0 Å². The molecule has 0 saturated carbocycles. The molecule has 0 spiro atoms. The molecular weight excluding hydrogens is 377 g/mol. The molecular formula is C20H16FN5O3. The van der Waals surface area contributed by atoms with Gasteiger partial charge in [0.25, 0.3) is 11.9 Å². The quantitative estimate of drug-likeness (QED) is 0.385. The number of nitrogens with one attached hydrogen (secondary N) is 1. The number of amides is 1. The Morgan fingerprint density at radius 3 is 2.86 bits per heavy atom. The van der Waals surface area contributed by atoms with Crippen molar-refractivity contribution in [3.63, 3.8) is 0 Å². The van der Waals surface area contributed by atoms with Crippen molar-refractivity contribution >= 4 is 23.2 Å². The predicted molar refractivity (Wildman–Crippen MR) is 103 cm³/mol. The first-order valence-electron chi connectivity index (χ1n) is 8.74. The monoisotopic (exact) mass is 393 g/mol. The molecule has 0 aliphatic heterocycles. The molecule has 0 saturated heterocycles. The van der Waals surface area contributed by atoms with E-state index in [1.807, 2.05) is 24.3 Å². The van der Waals surface area contributed by atoms with Crippen molar-refractivity contribution in [1.82, 2.24) is 20.4 Å². The molecule has 4 rings (SSSR count). The van der Waals surface area contributed by atoms with Crippen molar-refractivity contribution < 1.29 is 18.3 Å². The van der Waals surface area contributed by atoms with Crippen LogP contribution in [0.4, 0.5) is 4.39 Å². The minimum absolute atomic E-state index is 0.0119. The number of ether oxygens (including phenoxy) is 1. The second kappa shape index (κ2) is 8.34. The number of fused-ring (bicyclic) bond motifs is 1. The maximum atomic E-state index is 12.9. The van der Waals surface area contributed by atoms with Gasteiger partial charge in [-0.1, -0.05) is 29.5 Å². The summed E-state index contributed by atoms with van der Waals surface area (Å²) in [5, 5.41) is 11.8. The van der Waals surface area contributed by atoms with Crippen LogP contribution in [-0.4, -0.2) is 27.1 Å². The summed E-state index contributed by atoms with van der Waals surface area (Å²) in [6, 6.07) is 16.6. The molecule has 1 N–H and O–H groups in total. The van der Waals surface area contributed by atoms with Gasteiger partial charge in [-0.15, -0.1) is 5.10 Å². The van der Waals surface area contributed by atoms with Gasteiger partial charge in [-0.05, 0) is 35.9 Å². The first-order valence-corrected chi connectivity index (χ1v) is 8.74. The van der Waals surface area contributed by atoms with Crippen molar-refractivity contribution in [1.29, 1.82) is 0 Å². The lowest BCUT2D eigenvalue weighted by molar-refractivity contribution is -0.121. The molecule has 8 nitrogen and oxygen atoms in total. The normalized spacial score (nSPS) is 11.2. The summed E-state index contributed by atoms with van der Waals surface area (Å²) >= 11 is 0. The van der Waals surface area contributed by atoms with Crippen LogP contribution < -0.4 is 10.2 Å². The number of carbonyl (C=O) groups excluding carboxylic acids is 1. The Balaban J connectivity index is 1.28. The zero-order valence-electron chi connectivity index (χ0n) is 15.2. The summed E-state index contributed by atoms with van der Waals surface area (Å²) in [6.45, 7) is 0.231. The molecule has 0 aliphatic rings. The average molecular weight is 393 g/mol. The van der Waals surface area contributed by atoms with Crippen LogP contribution in [0.2, 0.25) is 0 Å². The molecule has 29 heavy (non-hydrogen) atoms. The minimum atomic E-state index is -0.351. The van der Waals surface area contributed by atoms with Gasteiger partial charge < -0.3 is 9.15 Å². The third-order valence-electron chi connectivity index (χ3n) is 3.99. The molecule has 146 valence electrons. The van der Waals surface area contributed by atoms with E-state index < -0.39 is 0 Å². The number of para-hydroxylation sites is 1. The highest BCUT2D eigenvalue weighted by atomic mass is 19.1. The van der Waals surface area contributed by atoms with Crippen molar-refractivity contribution in [2.24, 2.45) is 5.10 Å². The standard InChI is InChI=1S/C20H16FN5O3/c21-15-7-5-14(6-8-15)13-28-20-10-9-16(29-20)11-22-24-19(27)12-26-18-4-2-1-3-17(18)23-25-26/h1-11H,12-13H2,(H,24,27)/b22-11+. The summed E-state index contributed by atoms with van der Waals surface area (Å²) in [7, 11) is 0. The number of carbonyl (C=O) groups is 1. The molecule has 9 heteroatoms. The Kier molecular flexibility index (Phi) is 5.28. The summed E-state index contributed by atoms with van der Waals surface area (Å²) in [6.07, 6.45) is 1.36. The summed E-state index contributed by atoms with van der Waals surface area (Å²) in [5.41, 5.74) is 4.70. The molecule has 0 aliphatic carbocycles. The molecule has 0 radical (unpaired) electrons. The fraction of sp³-hybridized carbons (Fsp3) is 0.100. The molecule has 2 aromatic carbocycles. The van der Waals surface area contributed by atoms with E-state index in [0.717, 1.165) is 11.1 Å². The largest absolute Gasteiger partial charge is 0.460 e. The first-order chi connectivity index (χ1) is 14.2. The van der Waals surface area contributed by atoms with E-state index in [0.29, 0.717) is 11.3 Å². The Hall–Kier alpha value is -4.01. The maximum Gasteiger partial charge on any atom is 0.285 e. The average Bonchev–Trinajstić information content (AvgIpc) is 3.35. The van der Waals surface area contributed by atoms with E-state index >= 15 is 0 Å². The maximum absolute atomic E-state index is 12.9. The smallest absolute Gasteiger partial charge is 0.285 e. The Morgan fingerprint density at radius 1 is 1.17 bits per heavy atom. The van der Waals surface area contributed by atoms with Gasteiger partial charge in [0.05, 0.1) is 11.7 Å². The van der Waals surface area contributed by atoms with Gasteiger partial charge >= 0.3 is 0 Å². The topological polar surface area (TPSA) is 94.5 Å². The van der Waals surface area contributed by atoms with Gasteiger partial charge in [0.15, 0.2) is 5.76 Å². The number of rotatable bonds is 7. The third kappa shape index (κ3) is 4.64. The van der Waals surface area contributed by atoms with Crippen molar-refractivity contribution in [2.45, 2.75) is 13.2 Å². The number of hydrogen-bond acceptors (Lipinski definition) is 6. The van der Waals surface area contributed by atoms with Crippen LogP contribution in [0.15, 0.2) is 70.2 Å². The Bertz CT molecular complexity index is 1150. The minimum Gasteiger partial charge on any atom is -0.460 e. The van der Waals surface area contributed by atoms with Gasteiger partial charge in [-0.2, -0.15) is 5.10 Å². The van der Waals surface area contributed by atoms with Crippen LogP contribution in [0.25, 0.3) is 11.0 Å². The van der Waals surface area contributed by atoms with Gasteiger partial charge in [0, 0.05) is 6.07 Å². The zero-order chi connectivity index (χ0) is 20.1. The van der Waals surface area contributed by atoms with E-state index in [9.17, 15) is 9.18 Å². The fourth-order valence-corrected chi connectivity index (χ4v) is 2.59.